The highest BCUT2D eigenvalue weighted by Crippen LogP contribution is 2.56. The highest BCUT2D eigenvalue weighted by molar-refractivity contribution is 5.87. The minimum atomic E-state index is -0.395. The van der Waals surface area contributed by atoms with Crippen molar-refractivity contribution in [1.29, 1.82) is 0 Å². The van der Waals surface area contributed by atoms with Crippen molar-refractivity contribution >= 4 is 22.6 Å². The van der Waals surface area contributed by atoms with Crippen LogP contribution < -0.4 is 4.90 Å². The average Bonchev–Trinajstić information content (AvgIpc) is 3.48. The number of benzene rings is 6. The molecule has 238 valence electrons. The summed E-state index contributed by atoms with van der Waals surface area (Å²) in [5.74, 6) is 0. The zero-order valence-electron chi connectivity index (χ0n) is 28.0. The van der Waals surface area contributed by atoms with Crippen LogP contribution >= 0.6 is 0 Å². The number of allylic oxidation sites excluding steroid dienone is 7. The lowest BCUT2D eigenvalue weighted by Crippen LogP contribution is -2.28. The number of para-hydroxylation sites is 1. The largest absolute Gasteiger partial charge is 0.311 e. The van der Waals surface area contributed by atoms with Gasteiger partial charge in [0.25, 0.3) is 0 Å². The first-order valence-corrected chi connectivity index (χ1v) is 17.2. The van der Waals surface area contributed by atoms with E-state index in [-0.39, 0.29) is 0 Å². The van der Waals surface area contributed by atoms with Gasteiger partial charge in [-0.3, -0.25) is 0 Å². The minimum Gasteiger partial charge on any atom is -0.311 e. The van der Waals surface area contributed by atoms with Crippen LogP contribution in [-0.2, 0) is 5.41 Å². The normalized spacial score (nSPS) is 13.9. The van der Waals surface area contributed by atoms with Crippen LogP contribution in [-0.4, -0.2) is 0 Å². The van der Waals surface area contributed by atoms with E-state index in [1.54, 1.807) is 6.08 Å². The first-order valence-electron chi connectivity index (χ1n) is 17.2. The predicted octanol–water partition coefficient (Wildman–Crippen LogP) is 13.0. The fraction of sp³-hybridized carbons (Fsp3) is 0.0833. The summed E-state index contributed by atoms with van der Waals surface area (Å²) in [6.45, 7) is 5.42. The van der Waals surface area contributed by atoms with Crippen LogP contribution in [0.1, 0.15) is 47.6 Å². The second-order valence-corrected chi connectivity index (χ2v) is 12.4. The van der Waals surface area contributed by atoms with Gasteiger partial charge in [-0.2, -0.15) is 0 Å². The third-order valence-corrected chi connectivity index (χ3v) is 9.51. The Balaban J connectivity index is 0.000000707. The molecule has 1 nitrogen and oxygen atoms in total. The van der Waals surface area contributed by atoms with Gasteiger partial charge in [0.2, 0.25) is 0 Å². The molecule has 6 aromatic carbocycles. The smallest absolute Gasteiger partial charge is 0.0713 e. The maximum absolute atomic E-state index is 3.46. The van der Waals surface area contributed by atoms with Crippen LogP contribution in [0.25, 0.3) is 16.7 Å². The Kier molecular flexibility index (Phi) is 9.34. The lowest BCUT2D eigenvalue weighted by molar-refractivity contribution is 0.768. The zero-order chi connectivity index (χ0) is 33.5. The average molecular weight is 632 g/mol. The van der Waals surface area contributed by atoms with Gasteiger partial charge in [0.15, 0.2) is 0 Å². The van der Waals surface area contributed by atoms with Crippen LogP contribution in [0.5, 0.6) is 0 Å². The second-order valence-electron chi connectivity index (χ2n) is 12.4. The van der Waals surface area contributed by atoms with Crippen molar-refractivity contribution in [3.05, 3.63) is 229 Å². The molecule has 0 heterocycles. The summed E-state index contributed by atoms with van der Waals surface area (Å²) in [7, 11) is 0. The Morgan fingerprint density at radius 1 is 0.551 bits per heavy atom. The SMILES string of the molecule is C1=CC(c2ccc(N(c3ccccc3)c3ccc(C4(c5ccccc5)c5ccccc5-c5ccccc54)cc3)cc2)=CCC1.C=C/C=C\C. The summed E-state index contributed by atoms with van der Waals surface area (Å²) < 4.78 is 0. The van der Waals surface area contributed by atoms with E-state index in [1.165, 1.54) is 44.5 Å². The number of fused-ring (bicyclic) bond motifs is 3. The van der Waals surface area contributed by atoms with Crippen LogP contribution in [0, 0.1) is 0 Å². The van der Waals surface area contributed by atoms with E-state index in [4.69, 9.17) is 0 Å². The monoisotopic (exact) mass is 631 g/mol. The zero-order valence-corrected chi connectivity index (χ0v) is 28.0. The molecule has 0 fully saturated rings. The Bertz CT molecular complexity index is 2070. The summed E-state index contributed by atoms with van der Waals surface area (Å²) in [5.41, 5.74) is 13.4. The van der Waals surface area contributed by atoms with Crippen molar-refractivity contribution in [3.8, 4) is 11.1 Å². The van der Waals surface area contributed by atoms with Gasteiger partial charge in [0.05, 0.1) is 5.41 Å². The number of hydrogen-bond donors (Lipinski definition) is 0. The molecule has 0 atom stereocenters. The van der Waals surface area contributed by atoms with Gasteiger partial charge in [-0.05, 0) is 101 Å². The lowest BCUT2D eigenvalue weighted by Gasteiger charge is -2.34. The fourth-order valence-corrected chi connectivity index (χ4v) is 7.36. The molecule has 8 rings (SSSR count). The third-order valence-electron chi connectivity index (χ3n) is 9.51. The topological polar surface area (TPSA) is 3.24 Å². The van der Waals surface area contributed by atoms with Crippen LogP contribution in [0.2, 0.25) is 0 Å². The predicted molar refractivity (Wildman–Crippen MR) is 210 cm³/mol. The summed E-state index contributed by atoms with van der Waals surface area (Å²) >= 11 is 0. The molecule has 0 spiro atoms. The molecule has 0 N–H and O–H groups in total. The molecular formula is C48H41N. The Hall–Kier alpha value is -5.92. The number of rotatable bonds is 7. The van der Waals surface area contributed by atoms with Gasteiger partial charge in [-0.15, -0.1) is 0 Å². The standard InChI is InChI=1S/C43H33N.C5H8/c1-4-14-32(15-5-1)33-24-28-37(29-25-33)44(36-18-8-3-9-19-36)38-30-26-35(27-31-38)43(34-16-6-2-7-17-34)41-22-12-10-20-39(41)40-21-11-13-23-42(40)43;1-3-5-4-2/h2-4,6-31H,1,5H2;3-5H,1H2,2H3/b;5-4-. The molecule has 0 saturated heterocycles. The van der Waals surface area contributed by atoms with Crippen molar-refractivity contribution in [1.82, 2.24) is 0 Å². The van der Waals surface area contributed by atoms with E-state index >= 15 is 0 Å². The maximum Gasteiger partial charge on any atom is 0.0713 e. The van der Waals surface area contributed by atoms with Crippen molar-refractivity contribution < 1.29 is 0 Å². The van der Waals surface area contributed by atoms with Gasteiger partial charge in [0.1, 0.15) is 0 Å². The maximum atomic E-state index is 3.46. The van der Waals surface area contributed by atoms with E-state index in [9.17, 15) is 0 Å². The molecule has 0 bridgehead atoms. The molecule has 0 aromatic heterocycles. The molecule has 0 radical (unpaired) electrons. The van der Waals surface area contributed by atoms with Crippen molar-refractivity contribution in [2.75, 3.05) is 4.90 Å². The Morgan fingerprint density at radius 3 is 1.59 bits per heavy atom. The van der Waals surface area contributed by atoms with Crippen molar-refractivity contribution in [2.24, 2.45) is 0 Å². The minimum absolute atomic E-state index is 0.395. The third kappa shape index (κ3) is 6.01. The first-order chi connectivity index (χ1) is 24.3. The molecule has 0 saturated carbocycles. The molecule has 6 aromatic rings. The molecule has 49 heavy (non-hydrogen) atoms. The number of anilines is 3. The van der Waals surface area contributed by atoms with Crippen LogP contribution in [0.4, 0.5) is 17.1 Å². The van der Waals surface area contributed by atoms with Crippen LogP contribution in [0.15, 0.2) is 201 Å². The summed E-state index contributed by atoms with van der Waals surface area (Å²) in [4.78, 5) is 2.35. The number of hydrogen-bond acceptors (Lipinski definition) is 1. The molecular weight excluding hydrogens is 591 g/mol. The summed E-state index contributed by atoms with van der Waals surface area (Å²) in [5, 5.41) is 0. The fourth-order valence-electron chi connectivity index (χ4n) is 7.36. The summed E-state index contributed by atoms with van der Waals surface area (Å²) in [6.07, 6.45) is 14.7. The highest BCUT2D eigenvalue weighted by atomic mass is 15.1. The Morgan fingerprint density at radius 2 is 1.06 bits per heavy atom. The van der Waals surface area contributed by atoms with E-state index in [2.05, 4.69) is 187 Å². The van der Waals surface area contributed by atoms with E-state index in [0.717, 1.165) is 29.9 Å². The van der Waals surface area contributed by atoms with E-state index in [0.29, 0.717) is 0 Å². The molecule has 1 heteroatoms. The second kappa shape index (κ2) is 14.5. The Labute approximate surface area is 291 Å². The molecule has 0 unspecified atom stereocenters. The quantitative estimate of drug-likeness (QED) is 0.158. The summed E-state index contributed by atoms with van der Waals surface area (Å²) in [6, 6.07) is 57.7. The van der Waals surface area contributed by atoms with E-state index < -0.39 is 5.41 Å². The van der Waals surface area contributed by atoms with Gasteiger partial charge < -0.3 is 4.90 Å². The van der Waals surface area contributed by atoms with Gasteiger partial charge >= 0.3 is 0 Å². The van der Waals surface area contributed by atoms with Crippen molar-refractivity contribution in [3.63, 3.8) is 0 Å². The molecule has 2 aliphatic rings. The lowest BCUT2D eigenvalue weighted by atomic mass is 9.68. The molecule has 0 amide bonds. The van der Waals surface area contributed by atoms with Crippen LogP contribution in [0.3, 0.4) is 0 Å². The van der Waals surface area contributed by atoms with Crippen molar-refractivity contribution in [2.45, 2.75) is 25.2 Å². The molecule has 2 aliphatic carbocycles. The van der Waals surface area contributed by atoms with E-state index in [1.807, 2.05) is 19.1 Å². The van der Waals surface area contributed by atoms with Gasteiger partial charge in [0, 0.05) is 17.1 Å². The highest BCUT2D eigenvalue weighted by Gasteiger charge is 2.45. The first kappa shape index (κ1) is 31.7. The molecule has 0 aliphatic heterocycles. The number of nitrogens with zero attached hydrogens (tertiary/aromatic N) is 1. The van der Waals surface area contributed by atoms with Gasteiger partial charge in [-0.25, -0.2) is 0 Å². The van der Waals surface area contributed by atoms with Gasteiger partial charge in [-0.1, -0.05) is 164 Å².